The van der Waals surface area contributed by atoms with E-state index >= 15 is 0 Å². The van der Waals surface area contributed by atoms with Crippen LogP contribution < -0.4 is 10.6 Å². The summed E-state index contributed by atoms with van der Waals surface area (Å²) in [5.74, 6) is 2.55. The lowest BCUT2D eigenvalue weighted by atomic mass is 10.1. The Morgan fingerprint density at radius 2 is 2.39 bits per heavy atom. The molecule has 2 unspecified atom stereocenters. The van der Waals surface area contributed by atoms with Crippen LogP contribution in [0.4, 0.5) is 0 Å². The lowest BCUT2D eigenvalue weighted by molar-refractivity contribution is 0.0778. The van der Waals surface area contributed by atoms with Crippen LogP contribution in [0.15, 0.2) is 4.99 Å². The molecule has 1 rings (SSSR count). The van der Waals surface area contributed by atoms with Gasteiger partial charge in [-0.1, -0.05) is 0 Å². The molecule has 2 atom stereocenters. The molecule has 0 spiro atoms. The highest BCUT2D eigenvalue weighted by Crippen LogP contribution is 2.27. The maximum atomic E-state index is 10.2. The number of aliphatic hydroxyl groups is 1. The smallest absolute Gasteiger partial charge is 0.191 e. The van der Waals surface area contributed by atoms with E-state index in [1.54, 1.807) is 18.9 Å². The van der Waals surface area contributed by atoms with Crippen LogP contribution in [0.5, 0.6) is 0 Å². The highest BCUT2D eigenvalue weighted by Gasteiger charge is 2.31. The molecule has 0 amide bonds. The van der Waals surface area contributed by atoms with Crippen LogP contribution in [-0.2, 0) is 4.74 Å². The van der Waals surface area contributed by atoms with Gasteiger partial charge in [0.15, 0.2) is 5.96 Å². The van der Waals surface area contributed by atoms with Crippen LogP contribution in [0.2, 0.25) is 0 Å². The van der Waals surface area contributed by atoms with Crippen molar-refractivity contribution in [3.63, 3.8) is 0 Å². The number of thioether (sulfide) groups is 1. The van der Waals surface area contributed by atoms with E-state index in [-0.39, 0.29) is 6.04 Å². The van der Waals surface area contributed by atoms with Crippen molar-refractivity contribution in [3.8, 4) is 0 Å². The Morgan fingerprint density at radius 1 is 1.61 bits per heavy atom. The Morgan fingerprint density at radius 3 is 2.94 bits per heavy atom. The molecule has 1 fully saturated rings. The van der Waals surface area contributed by atoms with Crippen LogP contribution in [0, 0.1) is 0 Å². The summed E-state index contributed by atoms with van der Waals surface area (Å²) in [5, 5.41) is 16.7. The van der Waals surface area contributed by atoms with E-state index in [1.165, 1.54) is 0 Å². The van der Waals surface area contributed by atoms with Gasteiger partial charge in [-0.2, -0.15) is 11.8 Å². The summed E-state index contributed by atoms with van der Waals surface area (Å²) >= 11 is 1.79. The minimum Gasteiger partial charge on any atom is -0.387 e. The second kappa shape index (κ2) is 7.86. The number of nitrogens with one attached hydrogen (secondary N) is 2. The van der Waals surface area contributed by atoms with E-state index < -0.39 is 5.60 Å². The van der Waals surface area contributed by atoms with Gasteiger partial charge >= 0.3 is 0 Å². The van der Waals surface area contributed by atoms with E-state index in [9.17, 15) is 5.11 Å². The Labute approximate surface area is 114 Å². The molecule has 18 heavy (non-hydrogen) atoms. The number of guanidine groups is 1. The molecule has 106 valence electrons. The van der Waals surface area contributed by atoms with Gasteiger partial charge in [-0.15, -0.1) is 0 Å². The van der Waals surface area contributed by atoms with Crippen LogP contribution in [-0.4, -0.2) is 61.0 Å². The number of aliphatic imine (C=N–C) groups is 1. The fourth-order valence-electron chi connectivity index (χ4n) is 1.79. The molecule has 1 heterocycles. The van der Waals surface area contributed by atoms with Crippen molar-refractivity contribution in [1.82, 2.24) is 10.6 Å². The van der Waals surface area contributed by atoms with Gasteiger partial charge in [0.05, 0.1) is 18.8 Å². The number of hydrogen-bond donors (Lipinski definition) is 3. The molecule has 1 aliphatic heterocycles. The Hall–Kier alpha value is -0.460. The predicted octanol–water partition coefficient (Wildman–Crippen LogP) is 0.444. The Kier molecular flexibility index (Phi) is 6.81. The van der Waals surface area contributed by atoms with Gasteiger partial charge < -0.3 is 20.5 Å². The highest BCUT2D eigenvalue weighted by molar-refractivity contribution is 7.99. The fourth-order valence-corrected chi connectivity index (χ4v) is 3.08. The van der Waals surface area contributed by atoms with Gasteiger partial charge in [0, 0.05) is 25.4 Å². The largest absolute Gasteiger partial charge is 0.387 e. The average molecular weight is 275 g/mol. The number of nitrogens with zero attached hydrogens (tertiary/aromatic N) is 1. The summed E-state index contributed by atoms with van der Waals surface area (Å²) < 4.78 is 5.08. The second-order valence-corrected chi connectivity index (χ2v) is 5.83. The summed E-state index contributed by atoms with van der Waals surface area (Å²) in [4.78, 5) is 4.46. The van der Waals surface area contributed by atoms with Gasteiger partial charge in [0.1, 0.15) is 0 Å². The van der Waals surface area contributed by atoms with Crippen molar-refractivity contribution in [2.75, 3.05) is 38.3 Å². The Balaban J connectivity index is 2.48. The predicted molar refractivity (Wildman–Crippen MR) is 77.3 cm³/mol. The third kappa shape index (κ3) is 5.46. The van der Waals surface area contributed by atoms with E-state index in [0.717, 1.165) is 30.4 Å². The molecule has 1 saturated heterocycles. The molecular formula is C12H25N3O2S. The topological polar surface area (TPSA) is 65.9 Å². The first-order valence-electron chi connectivity index (χ1n) is 6.43. The van der Waals surface area contributed by atoms with Crippen LogP contribution >= 0.6 is 11.8 Å². The zero-order chi connectivity index (χ0) is 13.4. The van der Waals surface area contributed by atoms with Crippen molar-refractivity contribution in [3.05, 3.63) is 0 Å². The minimum atomic E-state index is -0.627. The first-order chi connectivity index (χ1) is 8.59. The first kappa shape index (κ1) is 15.6. The normalized spacial score (nSPS) is 26.1. The van der Waals surface area contributed by atoms with Gasteiger partial charge in [-0.3, -0.25) is 4.99 Å². The molecule has 1 aliphatic rings. The molecule has 0 aliphatic carbocycles. The van der Waals surface area contributed by atoms with Gasteiger partial charge in [0.2, 0.25) is 0 Å². The van der Waals surface area contributed by atoms with Crippen molar-refractivity contribution in [2.45, 2.75) is 31.9 Å². The molecule has 5 nitrogen and oxygen atoms in total. The molecule has 0 saturated carbocycles. The number of ether oxygens (including phenoxy) is 1. The molecule has 0 bridgehead atoms. The van der Waals surface area contributed by atoms with E-state index in [1.807, 2.05) is 13.8 Å². The van der Waals surface area contributed by atoms with Gasteiger partial charge in [0.25, 0.3) is 0 Å². The van der Waals surface area contributed by atoms with Crippen LogP contribution in [0.3, 0.4) is 0 Å². The fraction of sp³-hybridized carbons (Fsp3) is 0.917. The standard InChI is InChI=1S/C12H25N3O2S/c1-4-13-11(15-10(2)7-17-3)14-8-12(16)5-6-18-9-12/h10,16H,4-9H2,1-3H3,(H2,13,14,15). The first-order valence-corrected chi connectivity index (χ1v) is 7.59. The van der Waals surface area contributed by atoms with Crippen molar-refractivity contribution in [2.24, 2.45) is 4.99 Å². The third-order valence-corrected chi connectivity index (χ3v) is 3.99. The lowest BCUT2D eigenvalue weighted by Crippen LogP contribution is -2.45. The molecular weight excluding hydrogens is 250 g/mol. The lowest BCUT2D eigenvalue weighted by Gasteiger charge is -2.21. The van der Waals surface area contributed by atoms with Crippen molar-refractivity contribution in [1.29, 1.82) is 0 Å². The number of methoxy groups -OCH3 is 1. The molecule has 3 N–H and O–H groups in total. The van der Waals surface area contributed by atoms with Gasteiger partial charge in [-0.25, -0.2) is 0 Å². The molecule has 0 aromatic rings. The van der Waals surface area contributed by atoms with Crippen LogP contribution in [0.25, 0.3) is 0 Å². The van der Waals surface area contributed by atoms with Crippen LogP contribution in [0.1, 0.15) is 20.3 Å². The summed E-state index contributed by atoms with van der Waals surface area (Å²) in [5.41, 5.74) is -0.627. The minimum absolute atomic E-state index is 0.195. The van der Waals surface area contributed by atoms with Crippen molar-refractivity contribution < 1.29 is 9.84 Å². The number of hydrogen-bond acceptors (Lipinski definition) is 4. The Bertz CT molecular complexity index is 268. The third-order valence-electron chi connectivity index (χ3n) is 2.76. The maximum Gasteiger partial charge on any atom is 0.191 e. The summed E-state index contributed by atoms with van der Waals surface area (Å²) in [6.45, 7) is 5.95. The summed E-state index contributed by atoms with van der Waals surface area (Å²) in [7, 11) is 1.68. The number of rotatable bonds is 6. The maximum absolute atomic E-state index is 10.2. The van der Waals surface area contributed by atoms with Gasteiger partial charge in [-0.05, 0) is 26.0 Å². The average Bonchev–Trinajstić information content (AvgIpc) is 2.74. The zero-order valence-electron chi connectivity index (χ0n) is 11.5. The monoisotopic (exact) mass is 275 g/mol. The molecule has 6 heteroatoms. The quantitative estimate of drug-likeness (QED) is 0.485. The second-order valence-electron chi connectivity index (χ2n) is 4.72. The van der Waals surface area contributed by atoms with E-state index in [4.69, 9.17) is 4.74 Å². The SMILES string of the molecule is CCNC(=NCC1(O)CCSC1)NC(C)COC. The summed E-state index contributed by atoms with van der Waals surface area (Å²) in [6, 6.07) is 0.195. The summed E-state index contributed by atoms with van der Waals surface area (Å²) in [6.07, 6.45) is 0.828. The molecule has 0 aromatic carbocycles. The zero-order valence-corrected chi connectivity index (χ0v) is 12.3. The molecule has 0 radical (unpaired) electrons. The van der Waals surface area contributed by atoms with Crippen molar-refractivity contribution >= 4 is 17.7 Å². The van der Waals surface area contributed by atoms with E-state index in [2.05, 4.69) is 15.6 Å². The molecule has 0 aromatic heterocycles. The van der Waals surface area contributed by atoms with E-state index in [0.29, 0.717) is 13.2 Å². The highest BCUT2D eigenvalue weighted by atomic mass is 32.2.